The monoisotopic (exact) mass is 324 g/mol. The summed E-state index contributed by atoms with van der Waals surface area (Å²) >= 11 is 0. The van der Waals surface area contributed by atoms with E-state index >= 15 is 0 Å². The highest BCUT2D eigenvalue weighted by Crippen LogP contribution is 2.29. The molecule has 0 fully saturated rings. The average Bonchev–Trinajstić information content (AvgIpc) is 2.60. The Morgan fingerprint density at radius 3 is 1.88 bits per heavy atom. The number of hydrazine groups is 1. The van der Waals surface area contributed by atoms with Crippen LogP contribution in [-0.2, 0) is 10.4 Å². The van der Waals surface area contributed by atoms with E-state index in [-0.39, 0.29) is 0 Å². The molecule has 0 saturated heterocycles. The van der Waals surface area contributed by atoms with E-state index in [0.29, 0.717) is 22.7 Å². The summed E-state index contributed by atoms with van der Waals surface area (Å²) in [5, 5.41) is 11.2. The summed E-state index contributed by atoms with van der Waals surface area (Å²) in [6.45, 7) is 8.02. The van der Waals surface area contributed by atoms with E-state index < -0.39 is 11.5 Å². The number of hydrogen-bond acceptors (Lipinski definition) is 3. The van der Waals surface area contributed by atoms with E-state index in [1.807, 2.05) is 12.1 Å². The predicted molar refractivity (Wildman–Crippen MR) is 95.8 cm³/mol. The fourth-order valence-corrected chi connectivity index (χ4v) is 2.57. The van der Waals surface area contributed by atoms with Gasteiger partial charge in [0.15, 0.2) is 5.60 Å². The second kappa shape index (κ2) is 7.79. The van der Waals surface area contributed by atoms with Crippen LogP contribution in [-0.4, -0.2) is 11.0 Å². The van der Waals surface area contributed by atoms with Crippen LogP contribution in [0.15, 0.2) is 72.9 Å². The van der Waals surface area contributed by atoms with Gasteiger partial charge in [-0.3, -0.25) is 10.2 Å². The molecule has 24 heavy (non-hydrogen) atoms. The molecule has 0 radical (unpaired) electrons. The molecule has 3 N–H and O–H groups in total. The SMILES string of the molecule is C=C(CC(C)C)NNC(=O)C(O)(c1ccccc1)c1ccccc1. The number of hydrogen-bond donors (Lipinski definition) is 3. The molecular weight excluding hydrogens is 300 g/mol. The van der Waals surface area contributed by atoms with E-state index in [0.717, 1.165) is 6.42 Å². The van der Waals surface area contributed by atoms with Crippen molar-refractivity contribution in [3.8, 4) is 0 Å². The van der Waals surface area contributed by atoms with Gasteiger partial charge < -0.3 is 10.5 Å². The maximum Gasteiger partial charge on any atom is 0.279 e. The van der Waals surface area contributed by atoms with Crippen LogP contribution in [0.3, 0.4) is 0 Å². The van der Waals surface area contributed by atoms with Gasteiger partial charge in [-0.1, -0.05) is 81.1 Å². The fraction of sp³-hybridized carbons (Fsp3) is 0.250. The predicted octanol–water partition coefficient (Wildman–Crippen LogP) is 3.10. The summed E-state index contributed by atoms with van der Waals surface area (Å²) in [5.41, 5.74) is 5.31. The Morgan fingerprint density at radius 2 is 1.46 bits per heavy atom. The molecule has 126 valence electrons. The first-order valence-corrected chi connectivity index (χ1v) is 8.02. The molecule has 0 atom stereocenters. The van der Waals surface area contributed by atoms with Gasteiger partial charge in [0.25, 0.3) is 5.91 Å². The standard InChI is InChI=1S/C20H24N2O2/c1-15(2)14-16(3)21-22-19(23)20(24,17-10-6-4-7-11-17)18-12-8-5-9-13-18/h4-13,15,21,24H,3,14H2,1-2H3,(H,22,23). The van der Waals surface area contributed by atoms with E-state index in [4.69, 9.17) is 0 Å². The zero-order chi connectivity index (χ0) is 17.6. The Balaban J connectivity index is 2.27. The molecule has 0 spiro atoms. The molecule has 0 aliphatic rings. The first-order valence-electron chi connectivity index (χ1n) is 8.02. The largest absolute Gasteiger partial charge is 0.372 e. The lowest BCUT2D eigenvalue weighted by atomic mass is 9.85. The molecule has 2 aromatic rings. The van der Waals surface area contributed by atoms with Crippen LogP contribution < -0.4 is 10.9 Å². The highest BCUT2D eigenvalue weighted by atomic mass is 16.3. The molecule has 1 amide bonds. The van der Waals surface area contributed by atoms with Crippen molar-refractivity contribution in [2.24, 2.45) is 5.92 Å². The van der Waals surface area contributed by atoms with Crippen LogP contribution >= 0.6 is 0 Å². The van der Waals surface area contributed by atoms with Crippen molar-refractivity contribution < 1.29 is 9.90 Å². The lowest BCUT2D eigenvalue weighted by Crippen LogP contribution is -2.50. The lowest BCUT2D eigenvalue weighted by molar-refractivity contribution is -0.137. The number of benzene rings is 2. The van der Waals surface area contributed by atoms with Crippen LogP contribution in [0.4, 0.5) is 0 Å². The summed E-state index contributed by atoms with van der Waals surface area (Å²) in [6.07, 6.45) is 0.732. The fourth-order valence-electron chi connectivity index (χ4n) is 2.57. The van der Waals surface area contributed by atoms with Gasteiger partial charge in [-0.2, -0.15) is 0 Å². The Hall–Kier alpha value is -2.59. The maximum atomic E-state index is 12.8. The third-order valence-electron chi connectivity index (χ3n) is 3.72. The zero-order valence-electron chi connectivity index (χ0n) is 14.1. The summed E-state index contributed by atoms with van der Waals surface area (Å²) in [7, 11) is 0. The Bertz CT molecular complexity index is 642. The smallest absolute Gasteiger partial charge is 0.279 e. The van der Waals surface area contributed by atoms with Gasteiger partial charge in [0.2, 0.25) is 0 Å². The van der Waals surface area contributed by atoms with Crippen LogP contribution in [0.5, 0.6) is 0 Å². The summed E-state index contributed by atoms with van der Waals surface area (Å²) < 4.78 is 0. The zero-order valence-corrected chi connectivity index (χ0v) is 14.1. The summed E-state index contributed by atoms with van der Waals surface area (Å²) in [4.78, 5) is 12.8. The van der Waals surface area contributed by atoms with Crippen molar-refractivity contribution in [3.63, 3.8) is 0 Å². The van der Waals surface area contributed by atoms with Gasteiger partial charge in [-0.25, -0.2) is 0 Å². The third kappa shape index (κ3) is 4.03. The van der Waals surface area contributed by atoms with Crippen molar-refractivity contribution in [1.29, 1.82) is 0 Å². The minimum absolute atomic E-state index is 0.420. The molecule has 0 aliphatic heterocycles. The van der Waals surface area contributed by atoms with Gasteiger partial charge in [-0.15, -0.1) is 0 Å². The summed E-state index contributed by atoms with van der Waals surface area (Å²) in [6, 6.07) is 17.8. The number of aliphatic hydroxyl groups is 1. The molecule has 4 nitrogen and oxygen atoms in total. The number of rotatable bonds is 7. The highest BCUT2D eigenvalue weighted by Gasteiger charge is 2.39. The maximum absolute atomic E-state index is 12.8. The van der Waals surface area contributed by atoms with E-state index in [1.54, 1.807) is 48.5 Å². The number of amides is 1. The number of allylic oxidation sites excluding steroid dienone is 1. The molecule has 0 heterocycles. The number of nitrogens with one attached hydrogen (secondary N) is 2. The molecule has 0 unspecified atom stereocenters. The topological polar surface area (TPSA) is 61.4 Å². The Morgan fingerprint density at radius 1 is 1.00 bits per heavy atom. The summed E-state index contributed by atoms with van der Waals surface area (Å²) in [5.74, 6) is -0.131. The van der Waals surface area contributed by atoms with Gasteiger partial charge >= 0.3 is 0 Å². The molecule has 0 aliphatic carbocycles. The molecule has 2 rings (SSSR count). The van der Waals surface area contributed by atoms with Gasteiger partial charge in [-0.05, 0) is 23.5 Å². The van der Waals surface area contributed by atoms with Gasteiger partial charge in [0.05, 0.1) is 0 Å². The van der Waals surface area contributed by atoms with Crippen LogP contribution in [0.25, 0.3) is 0 Å². The number of carbonyl (C=O) groups is 1. The lowest BCUT2D eigenvalue weighted by Gasteiger charge is -2.28. The third-order valence-corrected chi connectivity index (χ3v) is 3.72. The molecule has 0 aromatic heterocycles. The van der Waals surface area contributed by atoms with Crippen LogP contribution in [0.1, 0.15) is 31.4 Å². The average molecular weight is 324 g/mol. The van der Waals surface area contributed by atoms with Gasteiger partial charge in [0, 0.05) is 5.70 Å². The van der Waals surface area contributed by atoms with Crippen molar-refractivity contribution >= 4 is 5.91 Å². The first-order chi connectivity index (χ1) is 11.4. The van der Waals surface area contributed by atoms with Crippen molar-refractivity contribution in [3.05, 3.63) is 84.1 Å². The van der Waals surface area contributed by atoms with Crippen molar-refractivity contribution in [1.82, 2.24) is 10.9 Å². The quantitative estimate of drug-likeness (QED) is 0.686. The number of carbonyl (C=O) groups excluding carboxylic acids is 1. The molecule has 0 saturated carbocycles. The van der Waals surface area contributed by atoms with Gasteiger partial charge in [0.1, 0.15) is 0 Å². The molecular formula is C20H24N2O2. The van der Waals surface area contributed by atoms with E-state index in [9.17, 15) is 9.90 Å². The Labute approximate surface area is 143 Å². The normalized spacial score (nSPS) is 11.2. The second-order valence-corrected chi connectivity index (χ2v) is 6.22. The van der Waals surface area contributed by atoms with Crippen molar-refractivity contribution in [2.45, 2.75) is 25.9 Å². The minimum Gasteiger partial charge on any atom is -0.372 e. The van der Waals surface area contributed by atoms with Crippen LogP contribution in [0, 0.1) is 5.92 Å². The van der Waals surface area contributed by atoms with Crippen LogP contribution in [0.2, 0.25) is 0 Å². The first kappa shape index (κ1) is 17.8. The van der Waals surface area contributed by atoms with E-state index in [1.165, 1.54) is 0 Å². The highest BCUT2D eigenvalue weighted by molar-refractivity contribution is 5.89. The molecule has 0 bridgehead atoms. The second-order valence-electron chi connectivity index (χ2n) is 6.22. The van der Waals surface area contributed by atoms with E-state index in [2.05, 4.69) is 31.3 Å². The molecule has 4 heteroatoms. The Kier molecular flexibility index (Phi) is 5.77. The minimum atomic E-state index is -1.78. The molecule has 2 aromatic carbocycles. The van der Waals surface area contributed by atoms with Crippen molar-refractivity contribution in [2.75, 3.05) is 0 Å².